The highest BCUT2D eigenvalue weighted by molar-refractivity contribution is 5.35. The minimum Gasteiger partial charge on any atom is -0.492 e. The second-order valence-electron chi connectivity index (χ2n) is 5.02. The first-order valence-corrected chi connectivity index (χ1v) is 6.13. The third-order valence-electron chi connectivity index (χ3n) is 3.38. The summed E-state index contributed by atoms with van der Waals surface area (Å²) in [4.78, 5) is 0. The molecule has 1 aliphatic heterocycles. The second kappa shape index (κ2) is 4.88. The molecule has 1 N–H and O–H groups in total. The van der Waals surface area contributed by atoms with Gasteiger partial charge >= 0.3 is 0 Å². The van der Waals surface area contributed by atoms with Crippen molar-refractivity contribution in [3.05, 3.63) is 29.8 Å². The molecule has 2 unspecified atom stereocenters. The predicted molar refractivity (Wildman–Crippen MR) is 66.9 cm³/mol. The molecular weight excluding hydrogens is 198 g/mol. The van der Waals surface area contributed by atoms with Crippen molar-refractivity contribution in [3.8, 4) is 5.75 Å². The molecule has 88 valence electrons. The Morgan fingerprint density at radius 2 is 2.00 bits per heavy atom. The van der Waals surface area contributed by atoms with Gasteiger partial charge in [-0.25, -0.2) is 0 Å². The van der Waals surface area contributed by atoms with Crippen LogP contribution in [0.4, 0.5) is 0 Å². The van der Waals surface area contributed by atoms with Gasteiger partial charge in [-0.3, -0.25) is 0 Å². The zero-order valence-corrected chi connectivity index (χ0v) is 10.4. The molecule has 2 atom stereocenters. The van der Waals surface area contributed by atoms with Crippen molar-refractivity contribution < 1.29 is 4.74 Å². The first-order chi connectivity index (χ1) is 7.66. The zero-order valence-electron chi connectivity index (χ0n) is 10.4. The molecule has 0 aliphatic carbocycles. The van der Waals surface area contributed by atoms with Crippen LogP contribution in [0.15, 0.2) is 24.3 Å². The predicted octanol–water partition coefficient (Wildman–Crippen LogP) is 2.62. The van der Waals surface area contributed by atoms with Crippen molar-refractivity contribution in [3.63, 3.8) is 0 Å². The molecule has 2 rings (SSSR count). The summed E-state index contributed by atoms with van der Waals surface area (Å²) in [6.45, 7) is 7.52. The van der Waals surface area contributed by atoms with E-state index in [9.17, 15) is 0 Å². The first kappa shape index (κ1) is 11.5. The lowest BCUT2D eigenvalue weighted by Gasteiger charge is -2.30. The minimum absolute atomic E-state index is 0.451. The molecule has 0 radical (unpaired) electrons. The highest BCUT2D eigenvalue weighted by atomic mass is 16.5. The van der Waals surface area contributed by atoms with E-state index in [4.69, 9.17) is 4.74 Å². The molecule has 0 aromatic heterocycles. The smallest absolute Gasteiger partial charge is 0.122 e. The van der Waals surface area contributed by atoms with Gasteiger partial charge in [-0.15, -0.1) is 0 Å². The van der Waals surface area contributed by atoms with Crippen LogP contribution in [0.2, 0.25) is 0 Å². The van der Waals surface area contributed by atoms with Gasteiger partial charge in [0.1, 0.15) is 12.4 Å². The minimum atomic E-state index is 0.451. The quantitative estimate of drug-likeness (QED) is 0.843. The highest BCUT2D eigenvalue weighted by Gasteiger charge is 2.21. The van der Waals surface area contributed by atoms with Gasteiger partial charge in [-0.05, 0) is 30.9 Å². The molecular formula is C14H21NO. The van der Waals surface area contributed by atoms with Crippen molar-refractivity contribution >= 4 is 0 Å². The van der Waals surface area contributed by atoms with E-state index in [-0.39, 0.29) is 0 Å². The summed E-state index contributed by atoms with van der Waals surface area (Å²) in [6, 6.07) is 9.31. The van der Waals surface area contributed by atoms with Crippen LogP contribution in [0.25, 0.3) is 0 Å². The normalized spacial score (nSPS) is 21.4. The number of hydrogen-bond acceptors (Lipinski definition) is 2. The summed E-state index contributed by atoms with van der Waals surface area (Å²) in [5.74, 6) is 1.72. The van der Waals surface area contributed by atoms with Gasteiger partial charge < -0.3 is 10.1 Å². The van der Waals surface area contributed by atoms with Crippen molar-refractivity contribution in [2.24, 2.45) is 5.92 Å². The molecule has 0 spiro atoms. The fourth-order valence-electron chi connectivity index (χ4n) is 2.00. The molecule has 1 aromatic rings. The fourth-order valence-corrected chi connectivity index (χ4v) is 2.00. The lowest BCUT2D eigenvalue weighted by atomic mass is 10.00. The lowest BCUT2D eigenvalue weighted by molar-refractivity contribution is 0.219. The summed E-state index contributed by atoms with van der Waals surface area (Å²) in [5, 5.41) is 3.63. The van der Waals surface area contributed by atoms with E-state index in [1.165, 1.54) is 5.56 Å². The molecule has 1 aromatic carbocycles. The van der Waals surface area contributed by atoms with Gasteiger partial charge in [0.25, 0.3) is 0 Å². The van der Waals surface area contributed by atoms with Crippen LogP contribution in [0, 0.1) is 5.92 Å². The SMILES string of the molecule is CC(C)C(C)NC1COc2ccccc2C1. The van der Waals surface area contributed by atoms with Crippen LogP contribution >= 0.6 is 0 Å². The number of hydrogen-bond donors (Lipinski definition) is 1. The average Bonchev–Trinajstić information content (AvgIpc) is 2.28. The van der Waals surface area contributed by atoms with Crippen LogP contribution in [0.3, 0.4) is 0 Å². The van der Waals surface area contributed by atoms with Crippen molar-refractivity contribution in [2.75, 3.05) is 6.61 Å². The second-order valence-corrected chi connectivity index (χ2v) is 5.02. The third-order valence-corrected chi connectivity index (χ3v) is 3.38. The Morgan fingerprint density at radius 3 is 2.75 bits per heavy atom. The van der Waals surface area contributed by atoms with Crippen LogP contribution in [-0.4, -0.2) is 18.7 Å². The largest absolute Gasteiger partial charge is 0.492 e. The molecule has 0 amide bonds. The van der Waals surface area contributed by atoms with Crippen LogP contribution in [0.1, 0.15) is 26.3 Å². The van der Waals surface area contributed by atoms with Crippen LogP contribution in [-0.2, 0) is 6.42 Å². The topological polar surface area (TPSA) is 21.3 Å². The summed E-state index contributed by atoms with van der Waals surface area (Å²) >= 11 is 0. The van der Waals surface area contributed by atoms with E-state index in [2.05, 4.69) is 44.3 Å². The lowest BCUT2D eigenvalue weighted by Crippen LogP contribution is -2.45. The Kier molecular flexibility index (Phi) is 3.49. The number of rotatable bonds is 3. The Hall–Kier alpha value is -1.02. The number of nitrogens with one attached hydrogen (secondary N) is 1. The number of benzene rings is 1. The van der Waals surface area contributed by atoms with Crippen LogP contribution in [0.5, 0.6) is 5.75 Å². The van der Waals surface area contributed by atoms with Gasteiger partial charge in [0.15, 0.2) is 0 Å². The number of ether oxygens (including phenoxy) is 1. The maximum absolute atomic E-state index is 5.75. The maximum atomic E-state index is 5.75. The van der Waals surface area contributed by atoms with E-state index < -0.39 is 0 Å². The summed E-state index contributed by atoms with van der Waals surface area (Å²) < 4.78 is 5.75. The Balaban J connectivity index is 1.98. The average molecular weight is 219 g/mol. The molecule has 1 aliphatic rings. The third kappa shape index (κ3) is 2.56. The Labute approximate surface area is 98.0 Å². The summed E-state index contributed by atoms with van der Waals surface area (Å²) in [6.07, 6.45) is 1.08. The molecule has 0 bridgehead atoms. The van der Waals surface area contributed by atoms with E-state index in [0.717, 1.165) is 18.8 Å². The molecule has 0 fully saturated rings. The summed E-state index contributed by atoms with van der Waals surface area (Å²) in [5.41, 5.74) is 1.32. The molecule has 1 heterocycles. The van der Waals surface area contributed by atoms with E-state index in [0.29, 0.717) is 18.0 Å². The fraction of sp³-hybridized carbons (Fsp3) is 0.571. The van der Waals surface area contributed by atoms with Crippen molar-refractivity contribution in [1.29, 1.82) is 0 Å². The molecule has 0 saturated carbocycles. The Morgan fingerprint density at radius 1 is 1.25 bits per heavy atom. The first-order valence-electron chi connectivity index (χ1n) is 6.13. The van der Waals surface area contributed by atoms with Crippen LogP contribution < -0.4 is 10.1 Å². The van der Waals surface area contributed by atoms with Gasteiger partial charge in [0.05, 0.1) is 0 Å². The molecule has 2 nitrogen and oxygen atoms in total. The van der Waals surface area contributed by atoms with Gasteiger partial charge in [-0.1, -0.05) is 32.0 Å². The van der Waals surface area contributed by atoms with Gasteiger partial charge in [-0.2, -0.15) is 0 Å². The Bertz CT molecular complexity index is 348. The monoisotopic (exact) mass is 219 g/mol. The highest BCUT2D eigenvalue weighted by Crippen LogP contribution is 2.24. The van der Waals surface area contributed by atoms with Crippen molar-refractivity contribution in [2.45, 2.75) is 39.3 Å². The van der Waals surface area contributed by atoms with E-state index in [1.54, 1.807) is 0 Å². The van der Waals surface area contributed by atoms with Gasteiger partial charge in [0, 0.05) is 12.1 Å². The summed E-state index contributed by atoms with van der Waals surface area (Å²) in [7, 11) is 0. The van der Waals surface area contributed by atoms with E-state index in [1.807, 2.05) is 6.07 Å². The number of fused-ring (bicyclic) bond motifs is 1. The number of para-hydroxylation sites is 1. The van der Waals surface area contributed by atoms with E-state index >= 15 is 0 Å². The van der Waals surface area contributed by atoms with Crippen molar-refractivity contribution in [1.82, 2.24) is 5.32 Å². The maximum Gasteiger partial charge on any atom is 0.122 e. The molecule has 16 heavy (non-hydrogen) atoms. The molecule has 0 saturated heterocycles. The standard InChI is InChI=1S/C14H21NO/c1-10(2)11(3)15-13-8-12-6-4-5-7-14(12)16-9-13/h4-7,10-11,13,15H,8-9H2,1-3H3. The van der Waals surface area contributed by atoms with Gasteiger partial charge in [0.2, 0.25) is 0 Å². The zero-order chi connectivity index (χ0) is 11.5. The molecule has 2 heteroatoms.